The summed E-state index contributed by atoms with van der Waals surface area (Å²) in [5.41, 5.74) is -0.703. The number of amides is 3. The number of carbonyl (C=O) groups is 3. The van der Waals surface area contributed by atoms with E-state index in [0.717, 1.165) is 25.7 Å². The van der Waals surface area contributed by atoms with E-state index in [1.54, 1.807) is 40.7 Å². The molecule has 1 heterocycles. The Bertz CT molecular complexity index is 937. The predicted octanol–water partition coefficient (Wildman–Crippen LogP) is 3.32. The lowest BCUT2D eigenvalue weighted by Crippen LogP contribution is -2.58. The minimum Gasteiger partial charge on any atom is -0.446 e. The highest BCUT2D eigenvalue weighted by atomic mass is 31.2. The van der Waals surface area contributed by atoms with E-state index in [1.165, 1.54) is 4.90 Å². The fourth-order valence-electron chi connectivity index (χ4n) is 5.42. The summed E-state index contributed by atoms with van der Waals surface area (Å²) >= 11 is 0. The molecule has 216 valence electrons. The fourth-order valence-corrected chi connectivity index (χ4v) is 7.81. The molecule has 1 saturated heterocycles. The van der Waals surface area contributed by atoms with Crippen LogP contribution in [-0.4, -0.2) is 77.2 Å². The van der Waals surface area contributed by atoms with Crippen LogP contribution in [0.25, 0.3) is 0 Å². The molecule has 1 aliphatic heterocycles. The first-order chi connectivity index (χ1) is 17.8. The van der Waals surface area contributed by atoms with Crippen LogP contribution in [0, 0.1) is 11.3 Å². The van der Waals surface area contributed by atoms with Gasteiger partial charge in [0.25, 0.3) is 0 Å². The third-order valence-corrected chi connectivity index (χ3v) is 10.3. The van der Waals surface area contributed by atoms with Crippen molar-refractivity contribution >= 4 is 25.5 Å². The van der Waals surface area contributed by atoms with E-state index < -0.39 is 54.4 Å². The lowest BCUT2D eigenvalue weighted by Gasteiger charge is -2.36. The Balaban J connectivity index is 1.80. The fraction of sp³-hybridized carbons (Fsp3) is 0.808. The Hall–Kier alpha value is -1.94. The van der Waals surface area contributed by atoms with Gasteiger partial charge in [-0.25, -0.2) is 4.79 Å². The number of aliphatic hydroxyl groups excluding tert-OH is 1. The van der Waals surface area contributed by atoms with Crippen LogP contribution in [-0.2, 0) is 27.9 Å². The van der Waals surface area contributed by atoms with Crippen LogP contribution in [0.5, 0.6) is 0 Å². The van der Waals surface area contributed by atoms with Crippen molar-refractivity contribution in [2.75, 3.05) is 19.8 Å². The number of hydrogen-bond acceptors (Lipinski definition) is 8. The monoisotopic (exact) mass is 557 g/mol. The van der Waals surface area contributed by atoms with Crippen molar-refractivity contribution in [3.8, 4) is 0 Å². The maximum atomic E-state index is 13.8. The van der Waals surface area contributed by atoms with E-state index in [-0.39, 0.29) is 38.2 Å². The molecule has 0 aromatic heterocycles. The van der Waals surface area contributed by atoms with Crippen molar-refractivity contribution in [2.24, 2.45) is 11.3 Å². The topological polar surface area (TPSA) is 144 Å². The third-order valence-electron chi connectivity index (χ3n) is 7.51. The van der Waals surface area contributed by atoms with E-state index in [9.17, 15) is 24.1 Å². The van der Waals surface area contributed by atoms with Crippen LogP contribution in [0.15, 0.2) is 12.7 Å². The van der Waals surface area contributed by atoms with Crippen molar-refractivity contribution in [2.45, 2.75) is 103 Å². The van der Waals surface area contributed by atoms with Gasteiger partial charge in [0.15, 0.2) is 0 Å². The number of likely N-dealkylation sites (tertiary alicyclic amines) is 1. The van der Waals surface area contributed by atoms with Crippen LogP contribution < -0.4 is 10.6 Å². The Morgan fingerprint density at radius 3 is 2.29 bits per heavy atom. The zero-order valence-electron chi connectivity index (χ0n) is 23.2. The zero-order chi connectivity index (χ0) is 28.3. The third kappa shape index (κ3) is 6.43. The van der Waals surface area contributed by atoms with Crippen LogP contribution in [0.2, 0.25) is 0 Å². The molecule has 2 aliphatic carbocycles. The molecule has 11 nitrogen and oxygen atoms in total. The smallest absolute Gasteiger partial charge is 0.408 e. The van der Waals surface area contributed by atoms with Gasteiger partial charge in [-0.05, 0) is 51.4 Å². The lowest BCUT2D eigenvalue weighted by molar-refractivity contribution is -0.142. The number of nitrogens with zero attached hydrogens (tertiary/aromatic N) is 1. The van der Waals surface area contributed by atoms with E-state index in [2.05, 4.69) is 17.2 Å². The zero-order valence-corrected chi connectivity index (χ0v) is 24.1. The van der Waals surface area contributed by atoms with Crippen LogP contribution in [0.1, 0.15) is 73.1 Å². The van der Waals surface area contributed by atoms with Gasteiger partial charge in [-0.3, -0.25) is 14.2 Å². The maximum Gasteiger partial charge on any atom is 0.408 e. The second kappa shape index (κ2) is 12.1. The van der Waals surface area contributed by atoms with Gasteiger partial charge in [-0.15, -0.1) is 6.58 Å². The van der Waals surface area contributed by atoms with Gasteiger partial charge in [0, 0.05) is 18.9 Å². The molecule has 3 aliphatic rings. The van der Waals surface area contributed by atoms with Gasteiger partial charge in [0.05, 0.1) is 19.3 Å². The van der Waals surface area contributed by atoms with Gasteiger partial charge >= 0.3 is 13.7 Å². The number of ether oxygens (including phenoxy) is 1. The molecule has 12 heteroatoms. The van der Waals surface area contributed by atoms with Crippen molar-refractivity contribution in [1.82, 2.24) is 15.5 Å². The van der Waals surface area contributed by atoms with Crippen LogP contribution in [0.3, 0.4) is 0 Å². The highest BCUT2D eigenvalue weighted by Crippen LogP contribution is 2.72. The lowest BCUT2D eigenvalue weighted by atomic mass is 9.85. The summed E-state index contributed by atoms with van der Waals surface area (Å²) < 4.78 is 30.3. The number of nitrogens with one attached hydrogen (secondary N) is 2. The highest BCUT2D eigenvalue weighted by molar-refractivity contribution is 7.56. The number of rotatable bonds is 11. The van der Waals surface area contributed by atoms with E-state index in [0.29, 0.717) is 6.42 Å². The number of alkyl carbamates (subject to hydrolysis) is 1. The number of β-amino-alcohol motifs (C(OH)–C–C–N with tert-alkyl or cyclic N) is 1. The Morgan fingerprint density at radius 2 is 1.79 bits per heavy atom. The molecular formula is C26H44N3O8P. The van der Waals surface area contributed by atoms with Gasteiger partial charge in [-0.2, -0.15) is 0 Å². The second-order valence-electron chi connectivity index (χ2n) is 11.4. The van der Waals surface area contributed by atoms with Crippen LogP contribution in [0.4, 0.5) is 4.79 Å². The summed E-state index contributed by atoms with van der Waals surface area (Å²) in [7, 11) is -3.76. The number of carbonyl (C=O) groups excluding carboxylic acids is 3. The molecule has 0 aromatic carbocycles. The summed E-state index contributed by atoms with van der Waals surface area (Å²) in [6.07, 6.45) is 3.73. The summed E-state index contributed by atoms with van der Waals surface area (Å²) in [5, 5.41) is 14.7. The summed E-state index contributed by atoms with van der Waals surface area (Å²) in [6.45, 7) is 12.8. The molecule has 2 saturated carbocycles. The highest BCUT2D eigenvalue weighted by Gasteiger charge is 2.68. The minimum atomic E-state index is -3.76. The molecule has 0 bridgehead atoms. The van der Waals surface area contributed by atoms with E-state index in [4.69, 9.17) is 13.8 Å². The summed E-state index contributed by atoms with van der Waals surface area (Å²) in [4.78, 5) is 41.3. The summed E-state index contributed by atoms with van der Waals surface area (Å²) in [5.74, 6) is -1.40. The Labute approximate surface area is 225 Å². The Morgan fingerprint density at radius 1 is 1.18 bits per heavy atom. The van der Waals surface area contributed by atoms with Crippen molar-refractivity contribution in [1.29, 1.82) is 0 Å². The van der Waals surface area contributed by atoms with Gasteiger partial charge in [0.1, 0.15) is 23.5 Å². The van der Waals surface area contributed by atoms with Crippen molar-refractivity contribution in [3.05, 3.63) is 12.7 Å². The van der Waals surface area contributed by atoms with Crippen molar-refractivity contribution in [3.63, 3.8) is 0 Å². The molecule has 3 amide bonds. The van der Waals surface area contributed by atoms with Gasteiger partial charge in [0.2, 0.25) is 11.8 Å². The number of aliphatic hydroxyl groups is 1. The molecule has 1 unspecified atom stereocenters. The van der Waals surface area contributed by atoms with E-state index >= 15 is 0 Å². The standard InChI is InChI=1S/C26H44N3O8P/c1-7-17-15-26(17,38(34,35-8-2)36-9-3)28-22(31)20-14-18(30)16-29(20)23(32)21(25(4,5)6)27-24(33)37-19-12-10-11-13-19/h7,17-21,30H,1,8-16H2,2-6H3,(H,27,33)(H,28,31)/t17-,18-,20+,21?,26+/m1/s1. The SMILES string of the molecule is C=C[C@@H]1C[C@]1(NC(=O)[C@@H]1C[C@@H](O)CN1C(=O)C(NC(=O)OC1CCCC1)C(C)(C)C)P(=O)(OCC)OCC. The van der Waals surface area contributed by atoms with Crippen molar-refractivity contribution < 1.29 is 37.8 Å². The predicted molar refractivity (Wildman–Crippen MR) is 141 cm³/mol. The van der Waals surface area contributed by atoms with Gasteiger partial charge in [-0.1, -0.05) is 26.8 Å². The Kier molecular flexibility index (Phi) is 9.72. The normalized spacial score (nSPS) is 28.6. The second-order valence-corrected chi connectivity index (χ2v) is 13.8. The number of hydrogen-bond donors (Lipinski definition) is 3. The summed E-state index contributed by atoms with van der Waals surface area (Å²) in [6, 6.07) is -2.03. The largest absolute Gasteiger partial charge is 0.446 e. The first kappa shape index (κ1) is 30.6. The molecule has 3 rings (SSSR count). The molecule has 5 atom stereocenters. The average molecular weight is 558 g/mol. The first-order valence-electron chi connectivity index (χ1n) is 13.6. The molecule has 0 spiro atoms. The molecule has 38 heavy (non-hydrogen) atoms. The molecule has 3 N–H and O–H groups in total. The van der Waals surface area contributed by atoms with Crippen LogP contribution >= 0.6 is 7.60 Å². The first-order valence-corrected chi connectivity index (χ1v) is 15.2. The quantitative estimate of drug-likeness (QED) is 0.259. The molecular weight excluding hydrogens is 513 g/mol. The molecule has 0 radical (unpaired) electrons. The van der Waals surface area contributed by atoms with E-state index in [1.807, 2.05) is 0 Å². The molecule has 0 aromatic rings. The maximum absolute atomic E-state index is 13.8. The average Bonchev–Trinajstić information content (AvgIpc) is 3.13. The van der Waals surface area contributed by atoms with Gasteiger partial charge < -0.3 is 34.4 Å². The molecule has 3 fully saturated rings. The minimum absolute atomic E-state index is 0.00334.